The number of nitrogens with zero attached hydrogens (tertiary/aromatic N) is 1. The molecule has 1 heterocycles. The molecule has 0 saturated heterocycles. The van der Waals surface area contributed by atoms with Crippen molar-refractivity contribution in [2.24, 2.45) is 0 Å². The average molecular weight is 488 g/mol. The minimum atomic E-state index is -0.876. The Kier molecular flexibility index (Phi) is 8.63. The second-order valence-corrected chi connectivity index (χ2v) is 8.76. The highest BCUT2D eigenvalue weighted by Gasteiger charge is 2.20. The Hall–Kier alpha value is -3.77. The van der Waals surface area contributed by atoms with Crippen LogP contribution in [0.15, 0.2) is 72.3 Å². The number of ether oxygens (including phenoxy) is 3. The Morgan fingerprint density at radius 2 is 1.75 bits per heavy atom. The average Bonchev–Trinajstić information content (AvgIpc) is 3.08. The summed E-state index contributed by atoms with van der Waals surface area (Å²) in [4.78, 5) is 14.1. The summed E-state index contributed by atoms with van der Waals surface area (Å²) in [7, 11) is 1.66. The monoisotopic (exact) mass is 487 g/mol. The number of methoxy groups -OCH3 is 1. The fourth-order valence-electron chi connectivity index (χ4n) is 4.31. The number of benzene rings is 3. The lowest BCUT2D eigenvalue weighted by Gasteiger charge is -2.26. The van der Waals surface area contributed by atoms with Gasteiger partial charge in [-0.05, 0) is 77.6 Å². The van der Waals surface area contributed by atoms with Gasteiger partial charge < -0.3 is 24.2 Å². The van der Waals surface area contributed by atoms with Crippen molar-refractivity contribution in [1.29, 1.82) is 0 Å². The summed E-state index contributed by atoms with van der Waals surface area (Å²) in [6.07, 6.45) is 3.27. The number of rotatable bonds is 11. The molecule has 0 bridgehead atoms. The third kappa shape index (κ3) is 6.46. The van der Waals surface area contributed by atoms with Gasteiger partial charge in [-0.15, -0.1) is 0 Å². The molecule has 1 N–H and O–H groups in total. The van der Waals surface area contributed by atoms with Crippen LogP contribution >= 0.6 is 0 Å². The maximum Gasteiger partial charge on any atom is 0.331 e. The minimum Gasteiger partial charge on any atom is -0.497 e. The number of aliphatic carboxylic acids is 1. The Morgan fingerprint density at radius 1 is 0.944 bits per heavy atom. The summed E-state index contributed by atoms with van der Waals surface area (Å²) in [5.74, 6) is 0.730. The molecule has 36 heavy (non-hydrogen) atoms. The number of hydrogen-bond acceptors (Lipinski definition) is 5. The molecule has 1 aliphatic heterocycles. The van der Waals surface area contributed by atoms with Gasteiger partial charge in [0.15, 0.2) is 0 Å². The van der Waals surface area contributed by atoms with Crippen molar-refractivity contribution in [3.63, 3.8) is 0 Å². The van der Waals surface area contributed by atoms with E-state index >= 15 is 0 Å². The summed E-state index contributed by atoms with van der Waals surface area (Å²) >= 11 is 0. The number of fused-ring (bicyclic) bond motifs is 1. The van der Waals surface area contributed by atoms with E-state index in [0.29, 0.717) is 38.3 Å². The van der Waals surface area contributed by atoms with E-state index in [1.165, 1.54) is 0 Å². The summed E-state index contributed by atoms with van der Waals surface area (Å²) in [6, 6.07) is 22.2. The van der Waals surface area contributed by atoms with E-state index in [-0.39, 0.29) is 0 Å². The first-order valence-corrected chi connectivity index (χ1v) is 12.3. The van der Waals surface area contributed by atoms with Gasteiger partial charge in [0.05, 0.1) is 13.7 Å². The van der Waals surface area contributed by atoms with Gasteiger partial charge in [-0.1, -0.05) is 37.3 Å². The molecular formula is C30H33NO5. The smallest absolute Gasteiger partial charge is 0.331 e. The van der Waals surface area contributed by atoms with E-state index in [1.807, 2.05) is 42.5 Å². The van der Waals surface area contributed by atoms with E-state index in [4.69, 9.17) is 14.2 Å². The molecule has 0 aliphatic carbocycles. The molecule has 0 unspecified atom stereocenters. The lowest BCUT2D eigenvalue weighted by Crippen LogP contribution is -2.24. The predicted octanol–water partition coefficient (Wildman–Crippen LogP) is 6.05. The fraction of sp³-hybridized carbons (Fsp3) is 0.300. The molecule has 3 aromatic rings. The van der Waals surface area contributed by atoms with Crippen LogP contribution in [0.2, 0.25) is 0 Å². The van der Waals surface area contributed by atoms with Crippen molar-refractivity contribution < 1.29 is 24.1 Å². The maximum absolute atomic E-state index is 11.9. The topological polar surface area (TPSA) is 68.2 Å². The summed E-state index contributed by atoms with van der Waals surface area (Å²) in [6.45, 7) is 5.21. The molecule has 1 aliphatic rings. The van der Waals surface area contributed by atoms with Gasteiger partial charge in [0, 0.05) is 31.0 Å². The van der Waals surface area contributed by atoms with E-state index in [1.54, 1.807) is 13.2 Å². The first kappa shape index (κ1) is 25.3. The highest BCUT2D eigenvalue weighted by atomic mass is 16.5. The lowest BCUT2D eigenvalue weighted by atomic mass is 10.00. The molecule has 0 amide bonds. The Balaban J connectivity index is 1.56. The molecule has 3 aromatic carbocycles. The SMILES string of the molecule is CCCOCCOc1ccc(-c2ccc3c(c2)C=C(C(=O)O)CCN3Cc2cccc(OC)c2)cc1. The zero-order valence-electron chi connectivity index (χ0n) is 20.9. The number of carboxylic acid groups (broad SMARTS) is 1. The molecule has 0 saturated carbocycles. The molecule has 0 atom stereocenters. The number of carboxylic acids is 1. The van der Waals surface area contributed by atoms with Gasteiger partial charge in [0.2, 0.25) is 0 Å². The van der Waals surface area contributed by atoms with Crippen LogP contribution in [-0.2, 0) is 16.1 Å². The Bertz CT molecular complexity index is 1200. The van der Waals surface area contributed by atoms with E-state index in [9.17, 15) is 9.90 Å². The molecule has 0 aromatic heterocycles. The minimum absolute atomic E-state index is 0.413. The Morgan fingerprint density at radius 3 is 2.50 bits per heavy atom. The van der Waals surface area contributed by atoms with Gasteiger partial charge in [0.1, 0.15) is 18.1 Å². The largest absolute Gasteiger partial charge is 0.497 e. The lowest BCUT2D eigenvalue weighted by molar-refractivity contribution is -0.132. The van der Waals surface area contributed by atoms with E-state index in [2.05, 4.69) is 36.1 Å². The number of carbonyl (C=O) groups is 1. The van der Waals surface area contributed by atoms with Gasteiger partial charge >= 0.3 is 5.97 Å². The van der Waals surface area contributed by atoms with Crippen LogP contribution in [0.1, 0.15) is 30.9 Å². The highest BCUT2D eigenvalue weighted by Crippen LogP contribution is 2.34. The second kappa shape index (κ2) is 12.3. The van der Waals surface area contributed by atoms with Gasteiger partial charge in [-0.2, -0.15) is 0 Å². The first-order valence-electron chi connectivity index (χ1n) is 12.3. The van der Waals surface area contributed by atoms with Crippen LogP contribution < -0.4 is 14.4 Å². The zero-order chi connectivity index (χ0) is 25.3. The van der Waals surface area contributed by atoms with Crippen LogP contribution in [0.3, 0.4) is 0 Å². The zero-order valence-corrected chi connectivity index (χ0v) is 20.9. The molecule has 4 rings (SSSR count). The molecule has 6 heteroatoms. The van der Waals surface area contributed by atoms with E-state index in [0.717, 1.165) is 52.5 Å². The third-order valence-corrected chi connectivity index (χ3v) is 6.16. The van der Waals surface area contributed by atoms with Crippen LogP contribution in [0.5, 0.6) is 11.5 Å². The van der Waals surface area contributed by atoms with Crippen LogP contribution in [-0.4, -0.2) is 44.6 Å². The summed E-state index contributed by atoms with van der Waals surface area (Å²) in [5, 5.41) is 9.74. The van der Waals surface area contributed by atoms with Crippen molar-refractivity contribution in [3.8, 4) is 22.6 Å². The summed E-state index contributed by atoms with van der Waals surface area (Å²) in [5.41, 5.74) is 5.51. The van der Waals surface area contributed by atoms with Gasteiger partial charge in [-0.3, -0.25) is 0 Å². The molecule has 0 radical (unpaired) electrons. The number of anilines is 1. The Labute approximate surface area is 212 Å². The van der Waals surface area contributed by atoms with Gasteiger partial charge in [-0.25, -0.2) is 4.79 Å². The molecular weight excluding hydrogens is 454 g/mol. The normalized spacial score (nSPS) is 12.9. The van der Waals surface area contributed by atoms with Crippen LogP contribution in [0.4, 0.5) is 5.69 Å². The second-order valence-electron chi connectivity index (χ2n) is 8.76. The predicted molar refractivity (Wildman–Crippen MR) is 143 cm³/mol. The third-order valence-electron chi connectivity index (χ3n) is 6.16. The molecule has 0 fully saturated rings. The first-order chi connectivity index (χ1) is 17.6. The van der Waals surface area contributed by atoms with E-state index < -0.39 is 5.97 Å². The van der Waals surface area contributed by atoms with Crippen molar-refractivity contribution in [1.82, 2.24) is 0 Å². The standard InChI is InChI=1S/C30H33NO5/c1-3-15-35-16-17-36-27-10-7-23(8-11-27)24-9-12-29-26(19-24)20-25(30(32)33)13-14-31(29)21-22-5-4-6-28(18-22)34-2/h4-12,18-20H,3,13-17,21H2,1-2H3,(H,32,33). The quantitative estimate of drug-likeness (QED) is 0.332. The fourth-order valence-corrected chi connectivity index (χ4v) is 4.31. The van der Waals surface area contributed by atoms with Crippen LogP contribution in [0, 0.1) is 0 Å². The maximum atomic E-state index is 11.9. The molecule has 0 spiro atoms. The summed E-state index contributed by atoms with van der Waals surface area (Å²) < 4.78 is 16.6. The van der Waals surface area contributed by atoms with Crippen molar-refractivity contribution in [2.75, 3.05) is 38.4 Å². The van der Waals surface area contributed by atoms with Crippen molar-refractivity contribution in [2.45, 2.75) is 26.3 Å². The molecule has 188 valence electrons. The van der Waals surface area contributed by atoms with Gasteiger partial charge in [0.25, 0.3) is 0 Å². The highest BCUT2D eigenvalue weighted by molar-refractivity contribution is 5.94. The van der Waals surface area contributed by atoms with Crippen molar-refractivity contribution in [3.05, 3.63) is 83.4 Å². The number of hydrogen-bond donors (Lipinski definition) is 1. The van der Waals surface area contributed by atoms with Crippen molar-refractivity contribution >= 4 is 17.7 Å². The molecule has 6 nitrogen and oxygen atoms in total. The van der Waals surface area contributed by atoms with Crippen LogP contribution in [0.25, 0.3) is 17.2 Å².